The molecule has 43 heavy (non-hydrogen) atoms. The second-order valence-electron chi connectivity index (χ2n) is 11.0. The number of hydrazone groups is 1. The molecule has 10 nitrogen and oxygen atoms in total. The Bertz CT molecular complexity index is 1610. The number of pyridine rings is 1. The number of aryl methyl sites for hydroxylation is 1. The van der Waals surface area contributed by atoms with Crippen LogP contribution in [0.5, 0.6) is 5.75 Å². The number of nitrogens with one attached hydrogen (secondary N) is 1. The third-order valence-corrected chi connectivity index (χ3v) is 11.0. The number of hydrogen-bond acceptors (Lipinski definition) is 7. The highest BCUT2D eigenvalue weighted by atomic mass is 35.5. The third kappa shape index (κ3) is 7.01. The number of likely N-dealkylation sites (tertiary alicyclic amines) is 1. The normalized spacial score (nSPS) is 18.5. The highest BCUT2D eigenvalue weighted by Gasteiger charge is 2.40. The number of rotatable bonds is 10. The van der Waals surface area contributed by atoms with Gasteiger partial charge in [0, 0.05) is 47.8 Å². The van der Waals surface area contributed by atoms with Gasteiger partial charge in [-0.05, 0) is 69.2 Å². The fourth-order valence-electron chi connectivity index (χ4n) is 5.78. The lowest BCUT2D eigenvalue weighted by atomic mass is 9.94. The zero-order valence-corrected chi connectivity index (χ0v) is 26.3. The topological polar surface area (TPSA) is 130 Å². The van der Waals surface area contributed by atoms with Gasteiger partial charge in [0.25, 0.3) is 0 Å². The maximum Gasteiger partial charge on any atom is 0.245 e. The Morgan fingerprint density at radius 1 is 1.14 bits per heavy atom. The van der Waals surface area contributed by atoms with Crippen LogP contribution < -0.4 is 15.9 Å². The Morgan fingerprint density at radius 3 is 2.70 bits per heavy atom. The SMILES string of the molecule is Cc1ccc2cccc(OCc3c(Cl)ccc(S(=O)(=O)N4CCC[C@H]4C(=O)NCCC4CCN(C=NN)CC4)c3Cl)c2n1. The monoisotopic (exact) mass is 646 g/mol. The van der Waals surface area contributed by atoms with Crippen molar-refractivity contribution in [2.24, 2.45) is 16.9 Å². The molecule has 230 valence electrons. The van der Waals surface area contributed by atoms with Gasteiger partial charge >= 0.3 is 0 Å². The molecule has 2 aromatic carbocycles. The number of hydrogen-bond donors (Lipinski definition) is 2. The number of nitrogens with two attached hydrogens (primary N) is 1. The first-order valence-corrected chi connectivity index (χ1v) is 16.6. The highest BCUT2D eigenvalue weighted by molar-refractivity contribution is 7.89. The van der Waals surface area contributed by atoms with Gasteiger partial charge in [-0.1, -0.05) is 41.4 Å². The van der Waals surface area contributed by atoms with Crippen LogP contribution in [0.3, 0.4) is 0 Å². The summed E-state index contributed by atoms with van der Waals surface area (Å²) in [7, 11) is -4.10. The van der Waals surface area contributed by atoms with Gasteiger partial charge < -0.3 is 20.8 Å². The van der Waals surface area contributed by atoms with E-state index in [1.165, 1.54) is 16.4 Å². The molecule has 1 aromatic heterocycles. The van der Waals surface area contributed by atoms with E-state index < -0.39 is 16.1 Å². The van der Waals surface area contributed by atoms with Crippen molar-refractivity contribution >= 4 is 56.4 Å². The van der Waals surface area contributed by atoms with E-state index in [0.717, 1.165) is 43.4 Å². The zero-order valence-electron chi connectivity index (χ0n) is 24.0. The lowest BCUT2D eigenvalue weighted by Gasteiger charge is -2.30. The predicted octanol–water partition coefficient (Wildman–Crippen LogP) is 4.70. The molecule has 3 N–H and O–H groups in total. The van der Waals surface area contributed by atoms with E-state index in [-0.39, 0.29) is 34.0 Å². The molecule has 2 aliphatic heterocycles. The van der Waals surface area contributed by atoms with Crippen LogP contribution >= 0.6 is 23.2 Å². The number of piperidine rings is 1. The van der Waals surface area contributed by atoms with Crippen LogP contribution in [0, 0.1) is 12.8 Å². The van der Waals surface area contributed by atoms with Crippen LogP contribution in [0.15, 0.2) is 52.5 Å². The first-order valence-electron chi connectivity index (χ1n) is 14.4. The van der Waals surface area contributed by atoms with Crippen molar-refractivity contribution in [3.63, 3.8) is 0 Å². The number of sulfonamides is 1. The minimum atomic E-state index is -4.10. The van der Waals surface area contributed by atoms with Crippen LogP contribution in [-0.4, -0.2) is 67.1 Å². The number of amides is 1. The van der Waals surface area contributed by atoms with Gasteiger partial charge in [0.05, 0.1) is 5.02 Å². The smallest absolute Gasteiger partial charge is 0.245 e. The van der Waals surface area contributed by atoms with Crippen molar-refractivity contribution in [3.05, 3.63) is 63.8 Å². The second kappa shape index (κ2) is 13.7. The quantitative estimate of drug-likeness (QED) is 0.141. The van der Waals surface area contributed by atoms with Crippen LogP contribution in [0.1, 0.15) is 43.4 Å². The molecule has 0 saturated carbocycles. The molecule has 0 bridgehead atoms. The minimum Gasteiger partial charge on any atom is -0.487 e. The van der Waals surface area contributed by atoms with E-state index in [0.29, 0.717) is 42.1 Å². The van der Waals surface area contributed by atoms with Crippen molar-refractivity contribution in [2.45, 2.75) is 56.6 Å². The van der Waals surface area contributed by atoms with Gasteiger partial charge in [0.15, 0.2) is 0 Å². The Labute approximate surface area is 262 Å². The summed E-state index contributed by atoms with van der Waals surface area (Å²) >= 11 is 13.2. The van der Waals surface area contributed by atoms with E-state index in [4.69, 9.17) is 33.8 Å². The number of nitrogens with zero attached hydrogens (tertiary/aromatic N) is 4. The summed E-state index contributed by atoms with van der Waals surface area (Å²) < 4.78 is 35.1. The van der Waals surface area contributed by atoms with Crippen molar-refractivity contribution in [1.82, 2.24) is 19.5 Å². The lowest BCUT2D eigenvalue weighted by Crippen LogP contribution is -2.46. The zero-order chi connectivity index (χ0) is 30.6. The van der Waals surface area contributed by atoms with E-state index in [2.05, 4.69) is 20.3 Å². The molecular formula is C30H36Cl2N6O4S. The lowest BCUT2D eigenvalue weighted by molar-refractivity contribution is -0.124. The molecule has 0 aliphatic carbocycles. The van der Waals surface area contributed by atoms with Crippen LogP contribution in [0.25, 0.3) is 10.9 Å². The summed E-state index contributed by atoms with van der Waals surface area (Å²) in [6.45, 7) is 4.31. The number of ether oxygens (including phenoxy) is 1. The second-order valence-corrected chi connectivity index (χ2v) is 13.6. The summed E-state index contributed by atoms with van der Waals surface area (Å²) in [4.78, 5) is 19.7. The molecule has 2 aliphatic rings. The number of aromatic nitrogens is 1. The van der Waals surface area contributed by atoms with Gasteiger partial charge in [-0.15, -0.1) is 0 Å². The first-order chi connectivity index (χ1) is 20.7. The third-order valence-electron chi connectivity index (χ3n) is 8.17. The summed E-state index contributed by atoms with van der Waals surface area (Å²) in [5, 5.41) is 7.72. The summed E-state index contributed by atoms with van der Waals surface area (Å²) in [6, 6.07) is 11.6. The van der Waals surface area contributed by atoms with E-state index in [1.54, 1.807) is 12.4 Å². The standard InChI is InChI=1S/C30H36Cl2N6O4S/c1-20-7-8-22-4-2-6-26(29(22)36-20)42-18-23-24(31)9-10-27(28(23)32)43(40,41)38-15-3-5-25(38)30(39)34-14-11-21-12-16-37(17-13-21)19-35-33/h2,4,6-10,19,21,25H,3,5,11-18,33H2,1H3,(H,34,39)/t25-/m0/s1. The molecular weight excluding hydrogens is 611 g/mol. The molecule has 2 saturated heterocycles. The van der Waals surface area contributed by atoms with Crippen molar-refractivity contribution in [3.8, 4) is 5.75 Å². The maximum atomic E-state index is 13.9. The minimum absolute atomic E-state index is 0.0195. The number of carbonyl (C=O) groups excluding carboxylic acids is 1. The van der Waals surface area contributed by atoms with E-state index in [9.17, 15) is 13.2 Å². The van der Waals surface area contributed by atoms with Crippen LogP contribution in [0.2, 0.25) is 10.0 Å². The number of fused-ring (bicyclic) bond motifs is 1. The Hall–Kier alpha value is -3.12. The van der Waals surface area contributed by atoms with Crippen molar-refractivity contribution < 1.29 is 17.9 Å². The number of para-hydroxylation sites is 1. The average molecular weight is 648 g/mol. The first kappa shape index (κ1) is 31.3. The molecule has 3 aromatic rings. The molecule has 13 heteroatoms. The van der Waals surface area contributed by atoms with Gasteiger partial charge in [-0.3, -0.25) is 4.79 Å². The van der Waals surface area contributed by atoms with E-state index >= 15 is 0 Å². The highest BCUT2D eigenvalue weighted by Crippen LogP contribution is 2.36. The van der Waals surface area contributed by atoms with Gasteiger partial charge in [-0.2, -0.15) is 9.41 Å². The Balaban J connectivity index is 1.26. The largest absolute Gasteiger partial charge is 0.487 e. The van der Waals surface area contributed by atoms with Crippen molar-refractivity contribution in [2.75, 3.05) is 26.2 Å². The number of carbonyl (C=O) groups is 1. The van der Waals surface area contributed by atoms with Crippen molar-refractivity contribution in [1.29, 1.82) is 0 Å². The molecule has 1 amide bonds. The average Bonchev–Trinajstić information content (AvgIpc) is 3.49. The molecule has 5 rings (SSSR count). The molecule has 0 radical (unpaired) electrons. The number of halogens is 2. The predicted molar refractivity (Wildman–Crippen MR) is 169 cm³/mol. The fourth-order valence-corrected chi connectivity index (χ4v) is 8.30. The molecule has 2 fully saturated rings. The molecule has 1 atom stereocenters. The van der Waals surface area contributed by atoms with Crippen LogP contribution in [0.4, 0.5) is 0 Å². The van der Waals surface area contributed by atoms with Gasteiger partial charge in [0.1, 0.15) is 35.1 Å². The van der Waals surface area contributed by atoms with Crippen LogP contribution in [-0.2, 0) is 21.4 Å². The van der Waals surface area contributed by atoms with E-state index in [1.807, 2.05) is 31.2 Å². The molecule has 3 heterocycles. The van der Waals surface area contributed by atoms with Gasteiger partial charge in [0.2, 0.25) is 15.9 Å². The summed E-state index contributed by atoms with van der Waals surface area (Å²) in [5.41, 5.74) is 1.88. The maximum absolute atomic E-state index is 13.9. The number of benzene rings is 2. The Morgan fingerprint density at radius 2 is 1.93 bits per heavy atom. The molecule has 0 unspecified atom stereocenters. The summed E-state index contributed by atoms with van der Waals surface area (Å²) in [6.07, 6.45) is 5.48. The fraction of sp³-hybridized carbons (Fsp3) is 0.433. The van der Waals surface area contributed by atoms with Gasteiger partial charge in [-0.25, -0.2) is 13.4 Å². The summed E-state index contributed by atoms with van der Waals surface area (Å²) in [5.74, 6) is 5.96. The Kier molecular flexibility index (Phi) is 9.95. The molecule has 0 spiro atoms.